The van der Waals surface area contributed by atoms with E-state index in [1.807, 2.05) is 74.5 Å². The summed E-state index contributed by atoms with van der Waals surface area (Å²) in [7, 11) is 0. The minimum absolute atomic E-state index is 0.00252. The number of benzene rings is 3. The quantitative estimate of drug-likeness (QED) is 0.473. The monoisotopic (exact) mass is 487 g/mol. The van der Waals surface area contributed by atoms with Crippen molar-refractivity contribution >= 4 is 40.9 Å². The van der Waals surface area contributed by atoms with E-state index in [2.05, 4.69) is 10.6 Å². The van der Waals surface area contributed by atoms with E-state index in [4.69, 9.17) is 0 Å². The SMILES string of the molecule is CCC(C)(NC(=O)c1cccc(N2C(=O)CSC2c2ccccc2)c1)C(=O)Nc1ccc(C)cc1. The minimum Gasteiger partial charge on any atom is -0.338 e. The van der Waals surface area contributed by atoms with E-state index in [1.165, 1.54) is 0 Å². The van der Waals surface area contributed by atoms with Gasteiger partial charge in [-0.25, -0.2) is 0 Å². The molecule has 3 aromatic carbocycles. The van der Waals surface area contributed by atoms with Crippen molar-refractivity contribution in [3.05, 3.63) is 95.6 Å². The zero-order valence-electron chi connectivity index (χ0n) is 20.1. The van der Waals surface area contributed by atoms with Crippen LogP contribution < -0.4 is 15.5 Å². The third-order valence-electron chi connectivity index (χ3n) is 6.25. The molecule has 2 N–H and O–H groups in total. The van der Waals surface area contributed by atoms with Crippen LogP contribution in [0.15, 0.2) is 78.9 Å². The molecule has 2 atom stereocenters. The molecule has 0 bridgehead atoms. The van der Waals surface area contributed by atoms with Crippen molar-refractivity contribution in [3.63, 3.8) is 0 Å². The standard InChI is InChI=1S/C28H29N3O3S/c1-4-28(3,27(34)29-22-15-13-19(2)14-16-22)30-25(33)21-11-8-12-23(17-21)31-24(32)18-35-26(31)20-9-6-5-7-10-20/h5-17,26H,4,18H2,1-3H3,(H,29,34)(H,30,33). The van der Waals surface area contributed by atoms with Crippen molar-refractivity contribution in [2.75, 3.05) is 16.0 Å². The Morgan fingerprint density at radius 3 is 2.43 bits per heavy atom. The fraction of sp³-hybridized carbons (Fsp3) is 0.250. The third-order valence-corrected chi connectivity index (χ3v) is 7.46. The summed E-state index contributed by atoms with van der Waals surface area (Å²) in [5.74, 6) is -0.282. The molecule has 1 saturated heterocycles. The molecule has 3 aromatic rings. The molecule has 4 rings (SSSR count). The number of carbonyl (C=O) groups excluding carboxylic acids is 3. The Balaban J connectivity index is 1.53. The van der Waals surface area contributed by atoms with Gasteiger partial charge in [0.1, 0.15) is 10.9 Å². The van der Waals surface area contributed by atoms with Crippen molar-refractivity contribution in [2.45, 2.75) is 38.1 Å². The van der Waals surface area contributed by atoms with Gasteiger partial charge in [-0.05, 0) is 56.2 Å². The molecule has 35 heavy (non-hydrogen) atoms. The van der Waals surface area contributed by atoms with E-state index in [0.29, 0.717) is 29.1 Å². The molecule has 1 aliphatic heterocycles. The van der Waals surface area contributed by atoms with Gasteiger partial charge >= 0.3 is 0 Å². The topological polar surface area (TPSA) is 78.5 Å². The highest BCUT2D eigenvalue weighted by atomic mass is 32.2. The van der Waals surface area contributed by atoms with Crippen LogP contribution in [0.3, 0.4) is 0 Å². The average Bonchev–Trinajstić information content (AvgIpc) is 3.27. The van der Waals surface area contributed by atoms with Gasteiger partial charge in [0.15, 0.2) is 0 Å². The van der Waals surface area contributed by atoms with Crippen molar-refractivity contribution in [2.24, 2.45) is 0 Å². The lowest BCUT2D eigenvalue weighted by Gasteiger charge is -2.29. The van der Waals surface area contributed by atoms with Crippen molar-refractivity contribution in [1.82, 2.24) is 5.32 Å². The molecule has 1 heterocycles. The van der Waals surface area contributed by atoms with Gasteiger partial charge in [-0.2, -0.15) is 0 Å². The number of amides is 3. The first-order chi connectivity index (χ1) is 16.8. The van der Waals surface area contributed by atoms with E-state index in [9.17, 15) is 14.4 Å². The fourth-order valence-electron chi connectivity index (χ4n) is 3.90. The molecule has 0 aliphatic carbocycles. The maximum absolute atomic E-state index is 13.2. The molecule has 6 nitrogen and oxygen atoms in total. The van der Waals surface area contributed by atoms with Crippen LogP contribution in [0, 0.1) is 6.92 Å². The number of aryl methyl sites for hydroxylation is 1. The van der Waals surface area contributed by atoms with Gasteiger partial charge in [0.05, 0.1) is 5.75 Å². The van der Waals surface area contributed by atoms with Crippen molar-refractivity contribution in [1.29, 1.82) is 0 Å². The van der Waals surface area contributed by atoms with Gasteiger partial charge < -0.3 is 10.6 Å². The summed E-state index contributed by atoms with van der Waals surface area (Å²) in [6.45, 7) is 5.55. The first-order valence-electron chi connectivity index (χ1n) is 11.6. The number of anilines is 2. The maximum atomic E-state index is 13.2. The number of rotatable bonds is 7. The first kappa shape index (κ1) is 24.5. The number of carbonyl (C=O) groups is 3. The Labute approximate surface area is 210 Å². The molecule has 180 valence electrons. The van der Waals surface area contributed by atoms with Crippen LogP contribution in [0.2, 0.25) is 0 Å². The molecular weight excluding hydrogens is 458 g/mol. The van der Waals surface area contributed by atoms with Crippen LogP contribution in [0.5, 0.6) is 0 Å². The van der Waals surface area contributed by atoms with Gasteiger partial charge in [-0.15, -0.1) is 11.8 Å². The number of hydrogen-bond donors (Lipinski definition) is 2. The lowest BCUT2D eigenvalue weighted by atomic mass is 9.96. The largest absolute Gasteiger partial charge is 0.338 e. The summed E-state index contributed by atoms with van der Waals surface area (Å²) >= 11 is 1.56. The van der Waals surface area contributed by atoms with Crippen LogP contribution in [0.4, 0.5) is 11.4 Å². The summed E-state index contributed by atoms with van der Waals surface area (Å²) in [6.07, 6.45) is 0.410. The number of nitrogens with zero attached hydrogens (tertiary/aromatic N) is 1. The van der Waals surface area contributed by atoms with Crippen LogP contribution in [-0.2, 0) is 9.59 Å². The zero-order chi connectivity index (χ0) is 25.0. The molecule has 3 amide bonds. The summed E-state index contributed by atoms with van der Waals surface area (Å²) < 4.78 is 0. The van der Waals surface area contributed by atoms with Crippen LogP contribution in [-0.4, -0.2) is 29.0 Å². The molecular formula is C28H29N3O3S. The number of nitrogens with one attached hydrogen (secondary N) is 2. The van der Waals surface area contributed by atoms with Crippen molar-refractivity contribution < 1.29 is 14.4 Å². The van der Waals surface area contributed by atoms with E-state index in [0.717, 1.165) is 11.1 Å². The molecule has 0 aromatic heterocycles. The Kier molecular flexibility index (Phi) is 7.26. The van der Waals surface area contributed by atoms with Crippen LogP contribution in [0.25, 0.3) is 0 Å². The minimum atomic E-state index is -1.11. The molecule has 0 saturated carbocycles. The predicted molar refractivity (Wildman–Crippen MR) is 142 cm³/mol. The summed E-state index contributed by atoms with van der Waals surface area (Å²) in [6, 6.07) is 24.4. The second kappa shape index (κ2) is 10.4. The van der Waals surface area contributed by atoms with Gasteiger partial charge in [-0.1, -0.05) is 61.0 Å². The lowest BCUT2D eigenvalue weighted by molar-refractivity contribution is -0.121. The average molecular weight is 488 g/mol. The van der Waals surface area contributed by atoms with E-state index >= 15 is 0 Å². The van der Waals surface area contributed by atoms with E-state index < -0.39 is 5.54 Å². The number of hydrogen-bond acceptors (Lipinski definition) is 4. The zero-order valence-corrected chi connectivity index (χ0v) is 20.9. The fourth-order valence-corrected chi connectivity index (χ4v) is 5.08. The molecule has 7 heteroatoms. The Hall–Kier alpha value is -3.58. The molecule has 2 unspecified atom stereocenters. The Bertz CT molecular complexity index is 1230. The smallest absolute Gasteiger partial charge is 0.252 e. The second-order valence-corrected chi connectivity index (χ2v) is 9.92. The molecule has 1 aliphatic rings. The summed E-state index contributed by atoms with van der Waals surface area (Å²) in [5.41, 5.74) is 2.74. The van der Waals surface area contributed by atoms with Crippen molar-refractivity contribution in [3.8, 4) is 0 Å². The summed E-state index contributed by atoms with van der Waals surface area (Å²) in [5, 5.41) is 5.65. The van der Waals surface area contributed by atoms with Gasteiger partial charge in [0.25, 0.3) is 5.91 Å². The predicted octanol–water partition coefficient (Wildman–Crippen LogP) is 5.31. The highest BCUT2D eigenvalue weighted by Crippen LogP contribution is 2.41. The number of thioether (sulfide) groups is 1. The second-order valence-electron chi connectivity index (χ2n) is 8.85. The van der Waals surface area contributed by atoms with Crippen LogP contribution >= 0.6 is 11.8 Å². The van der Waals surface area contributed by atoms with E-state index in [1.54, 1.807) is 41.8 Å². The normalized spacial score (nSPS) is 17.1. The molecule has 0 spiro atoms. The summed E-state index contributed by atoms with van der Waals surface area (Å²) in [4.78, 5) is 40.8. The highest BCUT2D eigenvalue weighted by Gasteiger charge is 2.36. The molecule has 1 fully saturated rings. The lowest BCUT2D eigenvalue weighted by Crippen LogP contribution is -2.54. The van der Waals surface area contributed by atoms with Gasteiger partial charge in [-0.3, -0.25) is 19.3 Å². The Morgan fingerprint density at radius 2 is 1.74 bits per heavy atom. The highest BCUT2D eigenvalue weighted by molar-refractivity contribution is 8.00. The third kappa shape index (κ3) is 5.41. The van der Waals surface area contributed by atoms with Gasteiger partial charge in [0.2, 0.25) is 11.8 Å². The van der Waals surface area contributed by atoms with Gasteiger partial charge in [0, 0.05) is 16.9 Å². The molecule has 0 radical (unpaired) electrons. The Morgan fingerprint density at radius 1 is 1.03 bits per heavy atom. The maximum Gasteiger partial charge on any atom is 0.252 e. The first-order valence-corrected chi connectivity index (χ1v) is 12.6. The van der Waals surface area contributed by atoms with E-state index in [-0.39, 0.29) is 23.1 Å². The van der Waals surface area contributed by atoms with Crippen LogP contribution in [0.1, 0.15) is 47.1 Å².